The number of hydrogen-bond donors (Lipinski definition) is 0. The number of ether oxygens (including phenoxy) is 1. The van der Waals surface area contributed by atoms with Crippen LogP contribution in [0.5, 0.6) is 0 Å². The van der Waals surface area contributed by atoms with Crippen LogP contribution in [0.2, 0.25) is 0 Å². The summed E-state index contributed by atoms with van der Waals surface area (Å²) in [6.07, 6.45) is -0.921. The molecule has 0 saturated carbocycles. The number of ketones is 2. The number of Topliss-reactive ketones (excluding diaryl/α,β-unsaturated/α-hetero) is 2. The van der Waals surface area contributed by atoms with E-state index in [0.717, 1.165) is 15.7 Å². The summed E-state index contributed by atoms with van der Waals surface area (Å²) in [4.78, 5) is 57.0. The number of carbonyl (C=O) groups excluding carboxylic acids is 4. The van der Waals surface area contributed by atoms with Gasteiger partial charge in [0.1, 0.15) is 0 Å². The number of carbonyl (C=O) groups is 4. The fourth-order valence-electron chi connectivity index (χ4n) is 6.10. The molecule has 0 bridgehead atoms. The highest BCUT2D eigenvalue weighted by Gasteiger charge is 2.74. The standard InChI is InChI=1S/C30H19NO5/c32-26-20-14-6-7-15-21(20)27(33)30(26)24-23(25(36-30)18-10-2-1-3-11-18)28(34)31(29(24)35)22-16-8-12-17-9-4-5-13-19(17)22/h1-16,23-25H/t23-,24+,25+/m0/s1. The summed E-state index contributed by atoms with van der Waals surface area (Å²) < 4.78 is 6.32. The molecule has 1 aliphatic carbocycles. The third-order valence-electron chi connectivity index (χ3n) is 7.65. The largest absolute Gasteiger partial charge is 0.349 e. The van der Waals surface area contributed by atoms with Crippen molar-refractivity contribution in [2.75, 3.05) is 4.90 Å². The van der Waals surface area contributed by atoms with E-state index in [1.165, 1.54) is 0 Å². The first-order valence-electron chi connectivity index (χ1n) is 11.8. The van der Waals surface area contributed by atoms with Crippen molar-refractivity contribution in [2.24, 2.45) is 11.8 Å². The van der Waals surface area contributed by atoms with Crippen LogP contribution in [-0.4, -0.2) is 29.0 Å². The zero-order valence-electron chi connectivity index (χ0n) is 19.0. The molecular formula is C30H19NO5. The van der Waals surface area contributed by atoms with Crippen molar-refractivity contribution in [1.29, 1.82) is 0 Å². The van der Waals surface area contributed by atoms with Crippen LogP contribution >= 0.6 is 0 Å². The van der Waals surface area contributed by atoms with E-state index < -0.39 is 46.9 Å². The van der Waals surface area contributed by atoms with Crippen LogP contribution in [0.4, 0.5) is 5.69 Å². The number of imide groups is 1. The molecule has 0 aromatic heterocycles. The lowest BCUT2D eigenvalue weighted by Gasteiger charge is -2.27. The minimum Gasteiger partial charge on any atom is -0.349 e. The zero-order valence-corrected chi connectivity index (χ0v) is 19.0. The Morgan fingerprint density at radius 1 is 0.639 bits per heavy atom. The SMILES string of the molecule is O=C1[C@@H]2[C@@H](c3ccccc3)OC3(C(=O)c4ccccc4C3=O)[C@H]2C(=O)N1c1cccc2ccccc12. The maximum atomic E-state index is 14.1. The Bertz CT molecular complexity index is 1580. The fraction of sp³-hybridized carbons (Fsp3) is 0.133. The third kappa shape index (κ3) is 2.49. The minimum atomic E-state index is -2.07. The van der Waals surface area contributed by atoms with Crippen LogP contribution in [0.3, 0.4) is 0 Å². The maximum absolute atomic E-state index is 14.1. The van der Waals surface area contributed by atoms with E-state index in [-0.39, 0.29) is 11.1 Å². The molecule has 2 amide bonds. The van der Waals surface area contributed by atoms with Gasteiger partial charge in [-0.3, -0.25) is 19.2 Å². The number of nitrogens with zero attached hydrogens (tertiary/aromatic N) is 1. The van der Waals surface area contributed by atoms with E-state index in [9.17, 15) is 19.2 Å². The van der Waals surface area contributed by atoms with E-state index in [4.69, 9.17) is 4.74 Å². The molecule has 4 aromatic carbocycles. The lowest BCUT2D eigenvalue weighted by molar-refractivity contribution is -0.127. The smallest absolute Gasteiger partial charge is 0.241 e. The first kappa shape index (κ1) is 20.9. The predicted octanol–water partition coefficient (Wildman–Crippen LogP) is 4.53. The third-order valence-corrected chi connectivity index (χ3v) is 7.65. The van der Waals surface area contributed by atoms with Gasteiger partial charge in [-0.2, -0.15) is 0 Å². The van der Waals surface area contributed by atoms with E-state index >= 15 is 0 Å². The molecule has 174 valence electrons. The summed E-state index contributed by atoms with van der Waals surface area (Å²) in [7, 11) is 0. The number of benzene rings is 4. The number of rotatable bonds is 2. The summed E-state index contributed by atoms with van der Waals surface area (Å²) >= 11 is 0. The fourth-order valence-corrected chi connectivity index (χ4v) is 6.10. The summed E-state index contributed by atoms with van der Waals surface area (Å²) in [5, 5.41) is 1.61. The molecule has 2 saturated heterocycles. The molecule has 0 N–H and O–H groups in total. The molecule has 2 aliphatic heterocycles. The topological polar surface area (TPSA) is 80.8 Å². The van der Waals surface area contributed by atoms with Crippen molar-refractivity contribution in [3.8, 4) is 0 Å². The molecule has 1 spiro atoms. The quantitative estimate of drug-likeness (QED) is 0.316. The second-order valence-corrected chi connectivity index (χ2v) is 9.40. The molecule has 4 aromatic rings. The minimum absolute atomic E-state index is 0.221. The van der Waals surface area contributed by atoms with Crippen LogP contribution in [-0.2, 0) is 14.3 Å². The van der Waals surface area contributed by atoms with Crippen LogP contribution in [0.15, 0.2) is 97.1 Å². The molecule has 3 aliphatic rings. The second-order valence-electron chi connectivity index (χ2n) is 9.40. The van der Waals surface area contributed by atoms with Gasteiger partial charge in [-0.1, -0.05) is 91.0 Å². The molecule has 36 heavy (non-hydrogen) atoms. The lowest BCUT2D eigenvalue weighted by atomic mass is 9.77. The second kappa shape index (κ2) is 7.29. The van der Waals surface area contributed by atoms with E-state index in [1.54, 1.807) is 60.7 Å². The van der Waals surface area contributed by atoms with Crippen LogP contribution in [0.25, 0.3) is 10.8 Å². The van der Waals surface area contributed by atoms with Gasteiger partial charge in [-0.05, 0) is 17.0 Å². The number of fused-ring (bicyclic) bond motifs is 4. The first-order valence-corrected chi connectivity index (χ1v) is 11.8. The molecule has 7 rings (SSSR count). The molecule has 2 heterocycles. The van der Waals surface area contributed by atoms with Gasteiger partial charge in [0.25, 0.3) is 0 Å². The predicted molar refractivity (Wildman–Crippen MR) is 132 cm³/mol. The highest BCUT2D eigenvalue weighted by molar-refractivity contribution is 6.37. The highest BCUT2D eigenvalue weighted by Crippen LogP contribution is 2.58. The monoisotopic (exact) mass is 473 g/mol. The van der Waals surface area contributed by atoms with Crippen LogP contribution < -0.4 is 4.90 Å². The Hall–Kier alpha value is -4.42. The molecule has 6 nitrogen and oxygen atoms in total. The molecule has 3 atom stereocenters. The van der Waals surface area contributed by atoms with Crippen molar-refractivity contribution in [1.82, 2.24) is 0 Å². The van der Waals surface area contributed by atoms with E-state index in [2.05, 4.69) is 0 Å². The van der Waals surface area contributed by atoms with Crippen molar-refractivity contribution < 1.29 is 23.9 Å². The van der Waals surface area contributed by atoms with Gasteiger partial charge in [0.2, 0.25) is 29.0 Å². The van der Waals surface area contributed by atoms with Crippen molar-refractivity contribution in [3.63, 3.8) is 0 Å². The summed E-state index contributed by atoms with van der Waals surface area (Å²) in [5.41, 5.74) is -0.546. The van der Waals surface area contributed by atoms with Gasteiger partial charge in [0.15, 0.2) is 0 Å². The Morgan fingerprint density at radius 2 is 1.25 bits per heavy atom. The summed E-state index contributed by atoms with van der Waals surface area (Å²) in [6, 6.07) is 28.4. The van der Waals surface area contributed by atoms with Crippen molar-refractivity contribution >= 4 is 39.8 Å². The van der Waals surface area contributed by atoms with Gasteiger partial charge in [-0.25, -0.2) is 4.90 Å². The Morgan fingerprint density at radius 3 is 1.97 bits per heavy atom. The molecule has 0 radical (unpaired) electrons. The molecular weight excluding hydrogens is 454 g/mol. The summed E-state index contributed by atoms with van der Waals surface area (Å²) in [5.74, 6) is -4.45. The molecule has 6 heteroatoms. The van der Waals surface area contributed by atoms with Crippen molar-refractivity contribution in [2.45, 2.75) is 11.7 Å². The van der Waals surface area contributed by atoms with Crippen molar-refractivity contribution in [3.05, 3.63) is 114 Å². The zero-order chi connectivity index (χ0) is 24.6. The summed E-state index contributed by atoms with van der Waals surface area (Å²) in [6.45, 7) is 0. The molecule has 0 unspecified atom stereocenters. The average molecular weight is 473 g/mol. The number of amides is 2. The number of hydrogen-bond acceptors (Lipinski definition) is 5. The average Bonchev–Trinajstić information content (AvgIpc) is 3.49. The molecule has 2 fully saturated rings. The van der Waals surface area contributed by atoms with Gasteiger partial charge >= 0.3 is 0 Å². The van der Waals surface area contributed by atoms with E-state index in [0.29, 0.717) is 11.3 Å². The Balaban J connectivity index is 1.45. The van der Waals surface area contributed by atoms with E-state index in [1.807, 2.05) is 36.4 Å². The van der Waals surface area contributed by atoms with Gasteiger partial charge < -0.3 is 4.74 Å². The normalized spacial score (nSPS) is 24.1. The Kier molecular flexibility index (Phi) is 4.23. The lowest BCUT2D eigenvalue weighted by Crippen LogP contribution is -2.51. The Labute approximate surface area is 206 Å². The highest BCUT2D eigenvalue weighted by atomic mass is 16.5. The van der Waals surface area contributed by atoms with Gasteiger partial charge in [0.05, 0.1) is 23.6 Å². The maximum Gasteiger partial charge on any atom is 0.241 e. The van der Waals surface area contributed by atoms with Gasteiger partial charge in [-0.15, -0.1) is 0 Å². The van der Waals surface area contributed by atoms with Gasteiger partial charge in [0, 0.05) is 16.5 Å². The first-order chi connectivity index (χ1) is 17.5. The van der Waals surface area contributed by atoms with Crippen LogP contribution in [0, 0.1) is 11.8 Å². The van der Waals surface area contributed by atoms with Crippen LogP contribution in [0.1, 0.15) is 32.4 Å². The number of anilines is 1.